The molecule has 0 saturated carbocycles. The summed E-state index contributed by atoms with van der Waals surface area (Å²) in [6.45, 7) is 3.66. The first-order valence-electron chi connectivity index (χ1n) is 6.87. The Balaban J connectivity index is 2.30. The van der Waals surface area contributed by atoms with Crippen LogP contribution in [0.25, 0.3) is 0 Å². The van der Waals surface area contributed by atoms with Gasteiger partial charge in [0, 0.05) is 12.8 Å². The van der Waals surface area contributed by atoms with Gasteiger partial charge in [-0.1, -0.05) is 19.1 Å². The molecule has 1 aliphatic rings. The maximum atomic E-state index is 11.5. The molecule has 2 amide bonds. The van der Waals surface area contributed by atoms with Crippen molar-refractivity contribution < 1.29 is 24.0 Å². The molecule has 1 heterocycles. The SMILES string of the molecule is C/C=C/CCC(CC)OCC(=O)ON1C(=O)CCC1=O. The van der Waals surface area contributed by atoms with Crippen molar-refractivity contribution >= 4 is 17.8 Å². The molecule has 1 rings (SSSR count). The van der Waals surface area contributed by atoms with Gasteiger partial charge in [0.05, 0.1) is 6.10 Å². The predicted octanol–water partition coefficient (Wildman–Crippen LogP) is 1.75. The summed E-state index contributed by atoms with van der Waals surface area (Å²) in [7, 11) is 0. The van der Waals surface area contributed by atoms with E-state index in [0.717, 1.165) is 19.3 Å². The van der Waals surface area contributed by atoms with Crippen LogP contribution in [0.15, 0.2) is 12.2 Å². The Bertz CT molecular complexity index is 375. The van der Waals surface area contributed by atoms with Gasteiger partial charge < -0.3 is 9.57 Å². The molecule has 0 spiro atoms. The van der Waals surface area contributed by atoms with E-state index in [-0.39, 0.29) is 25.6 Å². The van der Waals surface area contributed by atoms with E-state index in [2.05, 4.69) is 0 Å². The Morgan fingerprint density at radius 1 is 1.35 bits per heavy atom. The lowest BCUT2D eigenvalue weighted by Gasteiger charge is -2.16. The minimum Gasteiger partial charge on any atom is -0.366 e. The largest absolute Gasteiger partial charge is 0.366 e. The molecular formula is C14H21NO5. The van der Waals surface area contributed by atoms with Crippen molar-refractivity contribution in [3.05, 3.63) is 12.2 Å². The van der Waals surface area contributed by atoms with Gasteiger partial charge in [0.1, 0.15) is 6.61 Å². The third kappa shape index (κ3) is 5.13. The lowest BCUT2D eigenvalue weighted by atomic mass is 10.1. The average molecular weight is 283 g/mol. The van der Waals surface area contributed by atoms with Crippen LogP contribution in [0, 0.1) is 0 Å². The van der Waals surface area contributed by atoms with Crippen LogP contribution in [0.5, 0.6) is 0 Å². The van der Waals surface area contributed by atoms with E-state index in [1.165, 1.54) is 0 Å². The van der Waals surface area contributed by atoms with E-state index in [1.807, 2.05) is 26.0 Å². The minimum atomic E-state index is -0.724. The van der Waals surface area contributed by atoms with Gasteiger partial charge in [-0.3, -0.25) is 9.59 Å². The highest BCUT2D eigenvalue weighted by Gasteiger charge is 2.32. The quantitative estimate of drug-likeness (QED) is 0.501. The number of carbonyl (C=O) groups excluding carboxylic acids is 3. The van der Waals surface area contributed by atoms with Crippen LogP contribution < -0.4 is 0 Å². The van der Waals surface area contributed by atoms with Gasteiger partial charge in [-0.25, -0.2) is 4.79 Å². The van der Waals surface area contributed by atoms with Gasteiger partial charge in [0.2, 0.25) is 0 Å². The number of imide groups is 1. The molecule has 0 aromatic rings. The predicted molar refractivity (Wildman–Crippen MR) is 71.3 cm³/mol. The number of allylic oxidation sites excluding steroid dienone is 2. The summed E-state index contributed by atoms with van der Waals surface area (Å²) in [4.78, 5) is 38.8. The summed E-state index contributed by atoms with van der Waals surface area (Å²) in [5.74, 6) is -1.69. The van der Waals surface area contributed by atoms with Gasteiger partial charge >= 0.3 is 5.97 Å². The van der Waals surface area contributed by atoms with Gasteiger partial charge in [-0.2, -0.15) is 0 Å². The van der Waals surface area contributed by atoms with E-state index >= 15 is 0 Å². The zero-order valence-corrected chi connectivity index (χ0v) is 12.0. The van der Waals surface area contributed by atoms with Gasteiger partial charge in [0.15, 0.2) is 0 Å². The fourth-order valence-corrected chi connectivity index (χ4v) is 1.83. The van der Waals surface area contributed by atoms with Crippen LogP contribution in [0.1, 0.15) is 46.0 Å². The van der Waals surface area contributed by atoms with Gasteiger partial charge in [0.25, 0.3) is 11.8 Å². The van der Waals surface area contributed by atoms with Gasteiger partial charge in [-0.05, 0) is 26.2 Å². The number of hydroxylamine groups is 2. The second kappa shape index (κ2) is 8.47. The average Bonchev–Trinajstić information content (AvgIpc) is 2.74. The van der Waals surface area contributed by atoms with Crippen molar-refractivity contribution in [2.24, 2.45) is 0 Å². The normalized spacial score (nSPS) is 17.0. The number of rotatable bonds is 8. The maximum absolute atomic E-state index is 11.5. The van der Waals surface area contributed by atoms with Crippen LogP contribution >= 0.6 is 0 Å². The van der Waals surface area contributed by atoms with Crippen molar-refractivity contribution in [2.75, 3.05) is 6.61 Å². The Morgan fingerprint density at radius 3 is 2.55 bits per heavy atom. The van der Waals surface area contributed by atoms with E-state index in [0.29, 0.717) is 5.06 Å². The van der Waals surface area contributed by atoms with Crippen molar-refractivity contribution in [1.29, 1.82) is 0 Å². The first-order chi connectivity index (χ1) is 9.58. The molecule has 1 atom stereocenters. The molecule has 0 aromatic heterocycles. The van der Waals surface area contributed by atoms with Crippen LogP contribution in [0.2, 0.25) is 0 Å². The molecule has 1 saturated heterocycles. The van der Waals surface area contributed by atoms with E-state index in [1.54, 1.807) is 0 Å². The van der Waals surface area contributed by atoms with Crippen molar-refractivity contribution in [3.8, 4) is 0 Å². The van der Waals surface area contributed by atoms with E-state index in [9.17, 15) is 14.4 Å². The Hall–Kier alpha value is -1.69. The summed E-state index contributed by atoms with van der Waals surface area (Å²) >= 11 is 0. The molecule has 0 bridgehead atoms. The zero-order valence-electron chi connectivity index (χ0n) is 12.0. The van der Waals surface area contributed by atoms with Crippen LogP contribution in [-0.2, 0) is 24.0 Å². The Kier molecular flexibility index (Phi) is 6.93. The van der Waals surface area contributed by atoms with Crippen LogP contribution in [0.4, 0.5) is 0 Å². The molecule has 20 heavy (non-hydrogen) atoms. The smallest absolute Gasteiger partial charge is 0.358 e. The fraction of sp³-hybridized carbons (Fsp3) is 0.643. The van der Waals surface area contributed by atoms with Gasteiger partial charge in [-0.15, -0.1) is 5.06 Å². The van der Waals surface area contributed by atoms with Crippen LogP contribution in [0.3, 0.4) is 0 Å². The third-order valence-corrected chi connectivity index (χ3v) is 2.98. The summed E-state index contributed by atoms with van der Waals surface area (Å²) in [5, 5.41) is 0.534. The zero-order chi connectivity index (χ0) is 15.0. The Morgan fingerprint density at radius 2 is 2.00 bits per heavy atom. The number of nitrogens with zero attached hydrogens (tertiary/aromatic N) is 1. The summed E-state index contributed by atoms with van der Waals surface area (Å²) in [6, 6.07) is 0. The fourth-order valence-electron chi connectivity index (χ4n) is 1.83. The van der Waals surface area contributed by atoms with Crippen molar-refractivity contribution in [2.45, 2.75) is 52.1 Å². The third-order valence-electron chi connectivity index (χ3n) is 2.98. The second-order valence-electron chi connectivity index (χ2n) is 4.53. The number of ether oxygens (including phenoxy) is 1. The summed E-state index contributed by atoms with van der Waals surface area (Å²) < 4.78 is 5.42. The second-order valence-corrected chi connectivity index (χ2v) is 4.53. The molecule has 6 nitrogen and oxygen atoms in total. The number of hydrogen-bond acceptors (Lipinski definition) is 5. The molecule has 1 unspecified atom stereocenters. The monoisotopic (exact) mass is 283 g/mol. The molecular weight excluding hydrogens is 262 g/mol. The minimum absolute atomic E-state index is 0.0382. The standard InChI is InChI=1S/C14H21NO5/c1-3-5-6-7-11(4-2)19-10-14(18)20-15-12(16)8-9-13(15)17/h3,5,11H,4,6-10H2,1-2H3/b5-3+. The van der Waals surface area contributed by atoms with Crippen molar-refractivity contribution in [3.63, 3.8) is 0 Å². The molecule has 112 valence electrons. The number of amides is 2. The molecule has 1 fully saturated rings. The molecule has 6 heteroatoms. The number of carbonyl (C=O) groups is 3. The molecule has 1 aliphatic heterocycles. The van der Waals surface area contributed by atoms with Crippen LogP contribution in [-0.4, -0.2) is 35.6 Å². The molecule has 0 aromatic carbocycles. The molecule has 0 aliphatic carbocycles. The highest BCUT2D eigenvalue weighted by Crippen LogP contribution is 2.13. The lowest BCUT2D eigenvalue weighted by Crippen LogP contribution is -2.34. The first kappa shape index (κ1) is 16.4. The molecule has 0 N–H and O–H groups in total. The topological polar surface area (TPSA) is 72.9 Å². The van der Waals surface area contributed by atoms with Crippen molar-refractivity contribution in [1.82, 2.24) is 5.06 Å². The summed E-state index contributed by atoms with van der Waals surface area (Å²) in [5.41, 5.74) is 0. The lowest BCUT2D eigenvalue weighted by molar-refractivity contribution is -0.201. The first-order valence-corrected chi connectivity index (χ1v) is 6.87. The van der Waals surface area contributed by atoms with E-state index < -0.39 is 17.8 Å². The van der Waals surface area contributed by atoms with E-state index in [4.69, 9.17) is 9.57 Å². The Labute approximate surface area is 118 Å². The highest BCUT2D eigenvalue weighted by molar-refractivity contribution is 6.01. The number of hydrogen-bond donors (Lipinski definition) is 0. The maximum Gasteiger partial charge on any atom is 0.358 e. The highest BCUT2D eigenvalue weighted by atomic mass is 16.7. The summed E-state index contributed by atoms with van der Waals surface area (Å²) in [6.07, 6.45) is 6.62. The molecule has 0 radical (unpaired) electrons.